The van der Waals surface area contributed by atoms with E-state index >= 15 is 0 Å². The Morgan fingerprint density at radius 3 is 2.41 bits per heavy atom. The molecular formula is C22H26FNO3. The van der Waals surface area contributed by atoms with Crippen molar-refractivity contribution in [3.63, 3.8) is 0 Å². The molecule has 4 nitrogen and oxygen atoms in total. The molecule has 1 amide bonds. The predicted molar refractivity (Wildman–Crippen MR) is 102 cm³/mol. The van der Waals surface area contributed by atoms with Crippen molar-refractivity contribution in [1.82, 2.24) is 4.90 Å². The van der Waals surface area contributed by atoms with Crippen LogP contribution < -0.4 is 4.74 Å². The lowest BCUT2D eigenvalue weighted by Crippen LogP contribution is -2.41. The summed E-state index contributed by atoms with van der Waals surface area (Å²) < 4.78 is 24.2. The van der Waals surface area contributed by atoms with E-state index in [4.69, 9.17) is 9.47 Å². The molecule has 1 aliphatic rings. The molecule has 144 valence electrons. The van der Waals surface area contributed by atoms with E-state index in [9.17, 15) is 9.18 Å². The third kappa shape index (κ3) is 6.36. The molecule has 0 bridgehead atoms. The normalized spacial score (nSPS) is 14.9. The zero-order valence-corrected chi connectivity index (χ0v) is 15.5. The van der Waals surface area contributed by atoms with Crippen LogP contribution in [0, 0.1) is 5.82 Å². The van der Waals surface area contributed by atoms with E-state index in [1.807, 2.05) is 23.1 Å². The fourth-order valence-corrected chi connectivity index (χ4v) is 3.23. The zero-order chi connectivity index (χ0) is 18.9. The molecule has 5 heteroatoms. The molecule has 2 aromatic carbocycles. The molecule has 2 aromatic rings. The number of piperidine rings is 1. The van der Waals surface area contributed by atoms with Gasteiger partial charge in [-0.05, 0) is 49.1 Å². The molecule has 0 radical (unpaired) electrons. The third-order valence-electron chi connectivity index (χ3n) is 4.78. The van der Waals surface area contributed by atoms with Crippen LogP contribution in [0.5, 0.6) is 5.75 Å². The van der Waals surface area contributed by atoms with Crippen LogP contribution >= 0.6 is 0 Å². The van der Waals surface area contributed by atoms with Crippen LogP contribution in [0.15, 0.2) is 54.6 Å². The second kappa shape index (κ2) is 10.1. The quantitative estimate of drug-likeness (QED) is 0.662. The number of carbonyl (C=O) groups excluding carboxylic acids is 1. The van der Waals surface area contributed by atoms with E-state index in [1.54, 1.807) is 12.1 Å². The first-order chi connectivity index (χ1) is 13.2. The highest BCUT2D eigenvalue weighted by Crippen LogP contribution is 2.16. The molecule has 0 saturated carbocycles. The van der Waals surface area contributed by atoms with E-state index in [1.165, 1.54) is 17.7 Å². The number of aryl methyl sites for hydroxylation is 1. The van der Waals surface area contributed by atoms with Gasteiger partial charge in [0.15, 0.2) is 0 Å². The van der Waals surface area contributed by atoms with Crippen molar-refractivity contribution in [1.29, 1.82) is 0 Å². The number of benzene rings is 2. The highest BCUT2D eigenvalue weighted by atomic mass is 19.1. The van der Waals surface area contributed by atoms with Gasteiger partial charge in [0.1, 0.15) is 18.2 Å². The average Bonchev–Trinajstić information content (AvgIpc) is 2.72. The van der Waals surface area contributed by atoms with Gasteiger partial charge in [-0.3, -0.25) is 4.79 Å². The van der Waals surface area contributed by atoms with Crippen molar-refractivity contribution in [2.24, 2.45) is 0 Å². The van der Waals surface area contributed by atoms with Gasteiger partial charge in [-0.25, -0.2) is 4.39 Å². The Bertz CT molecular complexity index is 697. The third-order valence-corrected chi connectivity index (χ3v) is 4.78. The first kappa shape index (κ1) is 19.4. The molecule has 0 aromatic heterocycles. The maximum atomic E-state index is 12.8. The van der Waals surface area contributed by atoms with E-state index in [2.05, 4.69) is 12.1 Å². The van der Waals surface area contributed by atoms with E-state index in [0.29, 0.717) is 25.4 Å². The fraction of sp³-hybridized carbons (Fsp3) is 0.409. The Hall–Kier alpha value is -2.40. The molecule has 0 atom stereocenters. The van der Waals surface area contributed by atoms with Crippen molar-refractivity contribution < 1.29 is 18.7 Å². The summed E-state index contributed by atoms with van der Waals surface area (Å²) in [5.74, 6) is 0.583. The number of nitrogens with zero attached hydrogens (tertiary/aromatic N) is 1. The molecule has 27 heavy (non-hydrogen) atoms. The van der Waals surface area contributed by atoms with Crippen molar-refractivity contribution in [2.45, 2.75) is 31.8 Å². The number of ether oxygens (including phenoxy) is 2. The van der Waals surface area contributed by atoms with Gasteiger partial charge in [-0.15, -0.1) is 0 Å². The summed E-state index contributed by atoms with van der Waals surface area (Å²) in [5, 5.41) is 0. The topological polar surface area (TPSA) is 38.8 Å². The smallest absolute Gasteiger partial charge is 0.222 e. The maximum absolute atomic E-state index is 12.8. The molecule has 0 aliphatic carbocycles. The zero-order valence-electron chi connectivity index (χ0n) is 15.5. The van der Waals surface area contributed by atoms with Crippen molar-refractivity contribution in [3.8, 4) is 5.75 Å². The monoisotopic (exact) mass is 371 g/mol. The van der Waals surface area contributed by atoms with Gasteiger partial charge < -0.3 is 14.4 Å². The van der Waals surface area contributed by atoms with E-state index < -0.39 is 0 Å². The minimum Gasteiger partial charge on any atom is -0.491 e. The molecule has 1 fully saturated rings. The minimum atomic E-state index is -0.274. The summed E-state index contributed by atoms with van der Waals surface area (Å²) in [6.07, 6.45) is 3.22. The Balaban J connectivity index is 1.29. The molecule has 1 saturated heterocycles. The first-order valence-electron chi connectivity index (χ1n) is 9.52. The van der Waals surface area contributed by atoms with Crippen molar-refractivity contribution in [2.75, 3.05) is 26.3 Å². The SMILES string of the molecule is O=C(CCc1ccccc1)N1CCC(OCCOc2ccc(F)cc2)CC1. The number of hydrogen-bond donors (Lipinski definition) is 0. The van der Waals surface area contributed by atoms with Gasteiger partial charge in [0.25, 0.3) is 0 Å². The lowest BCUT2D eigenvalue weighted by atomic mass is 10.1. The van der Waals surface area contributed by atoms with E-state index in [-0.39, 0.29) is 17.8 Å². The molecule has 0 N–H and O–H groups in total. The van der Waals surface area contributed by atoms with Crippen LogP contribution in [-0.4, -0.2) is 43.2 Å². The number of carbonyl (C=O) groups is 1. The Morgan fingerprint density at radius 2 is 1.70 bits per heavy atom. The van der Waals surface area contributed by atoms with Crippen LogP contribution in [-0.2, 0) is 16.0 Å². The summed E-state index contributed by atoms with van der Waals surface area (Å²) in [7, 11) is 0. The lowest BCUT2D eigenvalue weighted by Gasteiger charge is -2.32. The second-order valence-corrected chi connectivity index (χ2v) is 6.74. The molecule has 0 spiro atoms. The lowest BCUT2D eigenvalue weighted by molar-refractivity contribution is -0.133. The van der Waals surface area contributed by atoms with Gasteiger partial charge in [0.2, 0.25) is 5.91 Å². The Kier molecular flexibility index (Phi) is 7.22. The number of likely N-dealkylation sites (tertiary alicyclic amines) is 1. The van der Waals surface area contributed by atoms with Gasteiger partial charge in [-0.2, -0.15) is 0 Å². The summed E-state index contributed by atoms with van der Waals surface area (Å²) in [6, 6.07) is 16.1. The first-order valence-corrected chi connectivity index (χ1v) is 9.52. The maximum Gasteiger partial charge on any atom is 0.222 e. The van der Waals surface area contributed by atoms with Gasteiger partial charge in [0.05, 0.1) is 12.7 Å². The Labute approximate surface area is 159 Å². The standard InChI is InChI=1S/C22H26FNO3/c23-19-7-9-20(10-8-19)26-16-17-27-21-12-14-24(15-13-21)22(25)11-6-18-4-2-1-3-5-18/h1-5,7-10,21H,6,11-17H2. The van der Waals surface area contributed by atoms with Crippen molar-refractivity contribution in [3.05, 3.63) is 66.0 Å². The average molecular weight is 371 g/mol. The highest BCUT2D eigenvalue weighted by molar-refractivity contribution is 5.76. The van der Waals surface area contributed by atoms with Crippen LogP contribution in [0.25, 0.3) is 0 Å². The minimum absolute atomic E-state index is 0.167. The fourth-order valence-electron chi connectivity index (χ4n) is 3.23. The summed E-state index contributed by atoms with van der Waals surface area (Å²) in [5.41, 5.74) is 1.20. The molecule has 0 unspecified atom stereocenters. The van der Waals surface area contributed by atoms with E-state index in [0.717, 1.165) is 32.4 Å². The van der Waals surface area contributed by atoms with Crippen LogP contribution in [0.3, 0.4) is 0 Å². The van der Waals surface area contributed by atoms with Crippen LogP contribution in [0.4, 0.5) is 4.39 Å². The molecule has 1 aliphatic heterocycles. The second-order valence-electron chi connectivity index (χ2n) is 6.74. The summed E-state index contributed by atoms with van der Waals surface area (Å²) in [4.78, 5) is 14.3. The van der Waals surface area contributed by atoms with Crippen molar-refractivity contribution >= 4 is 5.91 Å². The molecular weight excluding hydrogens is 345 g/mol. The number of rotatable bonds is 8. The predicted octanol–water partition coefficient (Wildman–Crippen LogP) is 3.84. The summed E-state index contributed by atoms with van der Waals surface area (Å²) in [6.45, 7) is 2.42. The van der Waals surface area contributed by atoms with Crippen LogP contribution in [0.2, 0.25) is 0 Å². The van der Waals surface area contributed by atoms with Gasteiger partial charge in [-0.1, -0.05) is 30.3 Å². The number of halogens is 1. The highest BCUT2D eigenvalue weighted by Gasteiger charge is 2.22. The summed E-state index contributed by atoms with van der Waals surface area (Å²) >= 11 is 0. The molecule has 1 heterocycles. The number of hydrogen-bond acceptors (Lipinski definition) is 3. The largest absolute Gasteiger partial charge is 0.491 e. The van der Waals surface area contributed by atoms with Gasteiger partial charge in [0, 0.05) is 19.5 Å². The van der Waals surface area contributed by atoms with Gasteiger partial charge >= 0.3 is 0 Å². The van der Waals surface area contributed by atoms with Crippen LogP contribution in [0.1, 0.15) is 24.8 Å². The molecule has 3 rings (SSSR count). The Morgan fingerprint density at radius 1 is 1.00 bits per heavy atom. The number of amides is 1.